The van der Waals surface area contributed by atoms with Gasteiger partial charge in [-0.15, -0.1) is 0 Å². The standard InChI is InChI=1S/C11H21NO4/c1-4-8(2)11(15)16-10(7-13)5-6-12-9(3)14/h8,10,13H,4-7H2,1-3H3,(H,12,14). The van der Waals surface area contributed by atoms with Crippen LogP contribution in [0.15, 0.2) is 0 Å². The summed E-state index contributed by atoms with van der Waals surface area (Å²) in [6.45, 7) is 5.27. The first kappa shape index (κ1) is 14.9. The molecular weight excluding hydrogens is 210 g/mol. The Balaban J connectivity index is 3.90. The van der Waals surface area contributed by atoms with E-state index in [1.54, 1.807) is 6.92 Å². The largest absolute Gasteiger partial charge is 0.460 e. The van der Waals surface area contributed by atoms with E-state index in [2.05, 4.69) is 5.32 Å². The number of rotatable bonds is 7. The Morgan fingerprint density at radius 2 is 2.06 bits per heavy atom. The Morgan fingerprint density at radius 1 is 1.44 bits per heavy atom. The van der Waals surface area contributed by atoms with Crippen molar-refractivity contribution in [3.8, 4) is 0 Å². The first-order chi connectivity index (χ1) is 7.51. The second-order valence-corrected chi connectivity index (χ2v) is 3.82. The highest BCUT2D eigenvalue weighted by atomic mass is 16.6. The minimum Gasteiger partial charge on any atom is -0.460 e. The molecule has 1 amide bonds. The molecule has 16 heavy (non-hydrogen) atoms. The summed E-state index contributed by atoms with van der Waals surface area (Å²) in [5.74, 6) is -0.593. The van der Waals surface area contributed by atoms with Crippen LogP contribution in [0.5, 0.6) is 0 Å². The predicted molar refractivity (Wildman–Crippen MR) is 59.7 cm³/mol. The number of ether oxygens (including phenoxy) is 1. The van der Waals surface area contributed by atoms with E-state index in [-0.39, 0.29) is 24.4 Å². The smallest absolute Gasteiger partial charge is 0.308 e. The number of aliphatic hydroxyl groups is 1. The van der Waals surface area contributed by atoms with Crippen molar-refractivity contribution >= 4 is 11.9 Å². The zero-order valence-corrected chi connectivity index (χ0v) is 10.2. The van der Waals surface area contributed by atoms with Crippen LogP contribution in [0, 0.1) is 5.92 Å². The van der Waals surface area contributed by atoms with Gasteiger partial charge >= 0.3 is 5.97 Å². The molecule has 2 N–H and O–H groups in total. The minimum atomic E-state index is -0.534. The van der Waals surface area contributed by atoms with Gasteiger partial charge in [-0.1, -0.05) is 13.8 Å². The van der Waals surface area contributed by atoms with E-state index in [1.807, 2.05) is 6.92 Å². The fraction of sp³-hybridized carbons (Fsp3) is 0.818. The Bertz CT molecular complexity index is 230. The summed E-state index contributed by atoms with van der Waals surface area (Å²) in [4.78, 5) is 22.0. The number of amides is 1. The second-order valence-electron chi connectivity index (χ2n) is 3.82. The maximum atomic E-state index is 11.4. The van der Waals surface area contributed by atoms with Gasteiger partial charge in [-0.3, -0.25) is 9.59 Å². The summed E-state index contributed by atoms with van der Waals surface area (Å²) in [6, 6.07) is 0. The van der Waals surface area contributed by atoms with Crippen LogP contribution in [-0.2, 0) is 14.3 Å². The molecule has 0 aromatic heterocycles. The lowest BCUT2D eigenvalue weighted by molar-refractivity contribution is -0.155. The molecule has 0 heterocycles. The summed E-state index contributed by atoms with van der Waals surface area (Å²) in [5, 5.41) is 11.6. The zero-order valence-electron chi connectivity index (χ0n) is 10.2. The van der Waals surface area contributed by atoms with Gasteiger partial charge in [0, 0.05) is 19.9 Å². The van der Waals surface area contributed by atoms with Crippen LogP contribution in [0.3, 0.4) is 0 Å². The zero-order chi connectivity index (χ0) is 12.6. The number of carbonyl (C=O) groups excluding carboxylic acids is 2. The molecule has 94 valence electrons. The minimum absolute atomic E-state index is 0.134. The average molecular weight is 231 g/mol. The van der Waals surface area contributed by atoms with Crippen LogP contribution in [0.1, 0.15) is 33.6 Å². The van der Waals surface area contributed by atoms with Crippen LogP contribution in [0.2, 0.25) is 0 Å². The Hall–Kier alpha value is -1.10. The second kappa shape index (κ2) is 8.10. The summed E-state index contributed by atoms with van der Waals surface area (Å²) >= 11 is 0. The van der Waals surface area contributed by atoms with Crippen LogP contribution in [0.4, 0.5) is 0 Å². The third kappa shape index (κ3) is 6.40. The van der Waals surface area contributed by atoms with Gasteiger partial charge < -0.3 is 15.2 Å². The summed E-state index contributed by atoms with van der Waals surface area (Å²) < 4.78 is 5.09. The Morgan fingerprint density at radius 3 is 2.50 bits per heavy atom. The molecule has 0 aliphatic carbocycles. The third-order valence-corrected chi connectivity index (χ3v) is 2.34. The molecule has 2 unspecified atom stereocenters. The number of aliphatic hydroxyl groups excluding tert-OH is 1. The molecule has 0 aromatic rings. The maximum Gasteiger partial charge on any atom is 0.308 e. The van der Waals surface area contributed by atoms with Crippen molar-refractivity contribution in [3.63, 3.8) is 0 Å². The van der Waals surface area contributed by atoms with Crippen LogP contribution in [0.25, 0.3) is 0 Å². The number of hydrogen-bond acceptors (Lipinski definition) is 4. The third-order valence-electron chi connectivity index (χ3n) is 2.34. The molecule has 0 aliphatic heterocycles. The number of carbonyl (C=O) groups is 2. The Labute approximate surface area is 96.2 Å². The van der Waals surface area contributed by atoms with Crippen molar-refractivity contribution in [3.05, 3.63) is 0 Å². The predicted octanol–water partition coefficient (Wildman–Crippen LogP) is 0.463. The highest BCUT2D eigenvalue weighted by Crippen LogP contribution is 2.07. The molecule has 5 nitrogen and oxygen atoms in total. The monoisotopic (exact) mass is 231 g/mol. The Kier molecular flexibility index (Phi) is 7.54. The van der Waals surface area contributed by atoms with Crippen molar-refractivity contribution in [2.75, 3.05) is 13.2 Å². The quantitative estimate of drug-likeness (QED) is 0.624. The summed E-state index contributed by atoms with van der Waals surface area (Å²) in [6.07, 6.45) is 0.606. The molecular formula is C11H21NO4. The van der Waals surface area contributed by atoms with Crippen molar-refractivity contribution in [1.82, 2.24) is 5.32 Å². The van der Waals surface area contributed by atoms with Crippen molar-refractivity contribution in [2.45, 2.75) is 39.7 Å². The molecule has 0 fully saturated rings. The number of nitrogens with one attached hydrogen (secondary N) is 1. The lowest BCUT2D eigenvalue weighted by atomic mass is 10.1. The molecule has 0 aliphatic rings. The van der Waals surface area contributed by atoms with Gasteiger partial charge in [0.1, 0.15) is 6.10 Å². The number of esters is 1. The SMILES string of the molecule is CCC(C)C(=O)OC(CO)CCNC(C)=O. The van der Waals surface area contributed by atoms with E-state index < -0.39 is 6.10 Å². The fourth-order valence-electron chi connectivity index (χ4n) is 1.04. The molecule has 2 atom stereocenters. The van der Waals surface area contributed by atoms with Crippen molar-refractivity contribution < 1.29 is 19.4 Å². The van der Waals surface area contributed by atoms with E-state index in [4.69, 9.17) is 9.84 Å². The first-order valence-electron chi connectivity index (χ1n) is 5.57. The van der Waals surface area contributed by atoms with E-state index in [0.29, 0.717) is 19.4 Å². The van der Waals surface area contributed by atoms with Crippen molar-refractivity contribution in [1.29, 1.82) is 0 Å². The normalized spacial score (nSPS) is 14.0. The number of hydrogen-bond donors (Lipinski definition) is 2. The van der Waals surface area contributed by atoms with Crippen LogP contribution in [-0.4, -0.2) is 36.2 Å². The van der Waals surface area contributed by atoms with Gasteiger partial charge in [-0.25, -0.2) is 0 Å². The van der Waals surface area contributed by atoms with Crippen LogP contribution >= 0.6 is 0 Å². The van der Waals surface area contributed by atoms with E-state index >= 15 is 0 Å². The lowest BCUT2D eigenvalue weighted by Gasteiger charge is -2.17. The lowest BCUT2D eigenvalue weighted by Crippen LogP contribution is -2.30. The fourth-order valence-corrected chi connectivity index (χ4v) is 1.04. The molecule has 0 saturated heterocycles. The molecule has 0 aromatic carbocycles. The molecule has 0 rings (SSSR count). The summed E-state index contributed by atoms with van der Waals surface area (Å²) in [7, 11) is 0. The highest BCUT2D eigenvalue weighted by molar-refractivity contribution is 5.73. The summed E-state index contributed by atoms with van der Waals surface area (Å²) in [5.41, 5.74) is 0. The van der Waals surface area contributed by atoms with Gasteiger partial charge in [0.05, 0.1) is 12.5 Å². The first-order valence-corrected chi connectivity index (χ1v) is 5.57. The molecule has 0 spiro atoms. The van der Waals surface area contributed by atoms with Gasteiger partial charge in [0.2, 0.25) is 5.91 Å². The van der Waals surface area contributed by atoms with Gasteiger partial charge in [-0.05, 0) is 6.42 Å². The maximum absolute atomic E-state index is 11.4. The molecule has 0 bridgehead atoms. The van der Waals surface area contributed by atoms with E-state index in [0.717, 1.165) is 0 Å². The molecule has 0 radical (unpaired) electrons. The van der Waals surface area contributed by atoms with Crippen LogP contribution < -0.4 is 5.32 Å². The topological polar surface area (TPSA) is 75.6 Å². The molecule has 5 heteroatoms. The average Bonchev–Trinajstić information content (AvgIpc) is 2.25. The van der Waals surface area contributed by atoms with E-state index in [9.17, 15) is 9.59 Å². The highest BCUT2D eigenvalue weighted by Gasteiger charge is 2.17. The van der Waals surface area contributed by atoms with Gasteiger partial charge in [0.15, 0.2) is 0 Å². The van der Waals surface area contributed by atoms with Gasteiger partial charge in [-0.2, -0.15) is 0 Å². The molecule has 0 saturated carbocycles. The van der Waals surface area contributed by atoms with Crippen molar-refractivity contribution in [2.24, 2.45) is 5.92 Å². The van der Waals surface area contributed by atoms with Gasteiger partial charge in [0.25, 0.3) is 0 Å². The van der Waals surface area contributed by atoms with E-state index in [1.165, 1.54) is 6.92 Å².